The molecule has 1 aromatic carbocycles. The summed E-state index contributed by atoms with van der Waals surface area (Å²) in [6.45, 7) is 2.24. The first kappa shape index (κ1) is 11.5. The topological polar surface area (TPSA) is 29.9 Å². The van der Waals surface area contributed by atoms with Crippen LogP contribution in [0.1, 0.15) is 24.3 Å². The van der Waals surface area contributed by atoms with Crippen molar-refractivity contribution in [1.82, 2.24) is 14.9 Å². The van der Waals surface area contributed by atoms with Gasteiger partial charge >= 0.3 is 0 Å². The van der Waals surface area contributed by atoms with Crippen molar-refractivity contribution in [1.29, 1.82) is 0 Å². The molecule has 1 unspecified atom stereocenters. The van der Waals surface area contributed by atoms with Gasteiger partial charge < -0.3 is 9.88 Å². The van der Waals surface area contributed by atoms with Crippen molar-refractivity contribution in [2.24, 2.45) is 7.05 Å². The highest BCUT2D eigenvalue weighted by Crippen LogP contribution is 2.31. The van der Waals surface area contributed by atoms with Crippen molar-refractivity contribution in [2.45, 2.75) is 18.8 Å². The van der Waals surface area contributed by atoms with Crippen LogP contribution in [-0.4, -0.2) is 22.6 Å². The molecule has 0 bridgehead atoms. The fourth-order valence-corrected chi connectivity index (χ4v) is 2.80. The number of aryl methyl sites for hydroxylation is 1. The predicted octanol–water partition coefficient (Wildman–Crippen LogP) is 2.55. The van der Waals surface area contributed by atoms with E-state index in [0.717, 1.165) is 18.9 Å². The van der Waals surface area contributed by atoms with Crippen LogP contribution in [0.5, 0.6) is 0 Å². The fraction of sp³-hybridized carbons (Fsp3) is 0.400. The molecule has 1 aromatic heterocycles. The SMILES string of the molecule is Cn1ccnc1-c1ccccc1C1CCCNC1. The standard InChI is InChI=1S/C15H19N3/c1-18-10-9-17-15(18)14-7-3-2-6-13(14)12-5-4-8-16-11-12/h2-3,6-7,9-10,12,16H,4-5,8,11H2,1H3. The maximum Gasteiger partial charge on any atom is 0.139 e. The van der Waals surface area contributed by atoms with Gasteiger partial charge in [-0.3, -0.25) is 0 Å². The predicted molar refractivity (Wildman–Crippen MR) is 73.5 cm³/mol. The van der Waals surface area contributed by atoms with E-state index in [9.17, 15) is 0 Å². The molecule has 0 saturated carbocycles. The van der Waals surface area contributed by atoms with Crippen LogP contribution in [0, 0.1) is 0 Å². The number of imidazole rings is 1. The Bertz CT molecular complexity index is 524. The van der Waals surface area contributed by atoms with Gasteiger partial charge in [-0.2, -0.15) is 0 Å². The summed E-state index contributed by atoms with van der Waals surface area (Å²) >= 11 is 0. The molecule has 3 rings (SSSR count). The Morgan fingerprint density at radius 1 is 1.33 bits per heavy atom. The molecule has 2 heterocycles. The maximum atomic E-state index is 4.48. The molecule has 1 fully saturated rings. The number of rotatable bonds is 2. The van der Waals surface area contributed by atoms with Gasteiger partial charge in [0.1, 0.15) is 5.82 Å². The van der Waals surface area contributed by atoms with Crippen LogP contribution in [-0.2, 0) is 7.05 Å². The molecule has 2 aromatic rings. The van der Waals surface area contributed by atoms with Gasteiger partial charge in [-0.15, -0.1) is 0 Å². The van der Waals surface area contributed by atoms with Crippen LogP contribution in [0.25, 0.3) is 11.4 Å². The third-order valence-corrected chi connectivity index (χ3v) is 3.76. The van der Waals surface area contributed by atoms with Crippen LogP contribution in [0.4, 0.5) is 0 Å². The number of benzene rings is 1. The van der Waals surface area contributed by atoms with Gasteiger partial charge in [0.15, 0.2) is 0 Å². The summed E-state index contributed by atoms with van der Waals surface area (Å²) < 4.78 is 2.09. The molecule has 18 heavy (non-hydrogen) atoms. The van der Waals surface area contributed by atoms with E-state index in [1.54, 1.807) is 0 Å². The van der Waals surface area contributed by atoms with Gasteiger partial charge in [-0.25, -0.2) is 4.98 Å². The molecule has 1 aliphatic rings. The minimum atomic E-state index is 0.617. The van der Waals surface area contributed by atoms with Crippen molar-refractivity contribution in [3.8, 4) is 11.4 Å². The second-order valence-electron chi connectivity index (χ2n) is 4.99. The van der Waals surface area contributed by atoms with E-state index in [1.807, 2.05) is 12.4 Å². The van der Waals surface area contributed by atoms with Crippen LogP contribution >= 0.6 is 0 Å². The highest BCUT2D eigenvalue weighted by molar-refractivity contribution is 5.61. The first-order chi connectivity index (χ1) is 8.86. The lowest BCUT2D eigenvalue weighted by atomic mass is 9.88. The molecule has 0 aliphatic carbocycles. The molecule has 0 amide bonds. The van der Waals surface area contributed by atoms with Crippen molar-refractivity contribution >= 4 is 0 Å². The minimum Gasteiger partial charge on any atom is -0.334 e. The summed E-state index contributed by atoms with van der Waals surface area (Å²) in [5.41, 5.74) is 2.71. The highest BCUT2D eigenvalue weighted by Gasteiger charge is 2.19. The molecule has 1 N–H and O–H groups in total. The minimum absolute atomic E-state index is 0.617. The highest BCUT2D eigenvalue weighted by atomic mass is 15.0. The molecule has 3 nitrogen and oxygen atoms in total. The molecule has 0 radical (unpaired) electrons. The van der Waals surface area contributed by atoms with E-state index in [-0.39, 0.29) is 0 Å². The zero-order valence-corrected chi connectivity index (χ0v) is 10.8. The number of hydrogen-bond donors (Lipinski definition) is 1. The Morgan fingerprint density at radius 2 is 2.22 bits per heavy atom. The Balaban J connectivity index is 2.02. The van der Waals surface area contributed by atoms with Gasteiger partial charge in [0, 0.05) is 31.5 Å². The van der Waals surface area contributed by atoms with Gasteiger partial charge in [0.25, 0.3) is 0 Å². The average molecular weight is 241 g/mol. The molecule has 1 aliphatic heterocycles. The summed E-state index contributed by atoms with van der Waals surface area (Å²) in [6, 6.07) is 8.67. The fourth-order valence-electron chi connectivity index (χ4n) is 2.80. The summed E-state index contributed by atoms with van der Waals surface area (Å²) in [5, 5.41) is 3.49. The zero-order valence-electron chi connectivity index (χ0n) is 10.8. The molecule has 0 spiro atoms. The molecule has 94 valence electrons. The Morgan fingerprint density at radius 3 is 2.94 bits per heavy atom. The second-order valence-corrected chi connectivity index (χ2v) is 4.99. The number of nitrogens with zero attached hydrogens (tertiary/aromatic N) is 2. The molecule has 1 atom stereocenters. The Kier molecular flexibility index (Phi) is 3.15. The normalized spacial score (nSPS) is 19.9. The number of hydrogen-bond acceptors (Lipinski definition) is 2. The molecule has 1 saturated heterocycles. The lowest BCUT2D eigenvalue weighted by Gasteiger charge is -2.25. The lowest BCUT2D eigenvalue weighted by Crippen LogP contribution is -2.28. The summed E-state index contributed by atoms with van der Waals surface area (Å²) in [6.07, 6.45) is 6.41. The summed E-state index contributed by atoms with van der Waals surface area (Å²) in [4.78, 5) is 4.48. The molecular weight excluding hydrogens is 222 g/mol. The van der Waals surface area contributed by atoms with Gasteiger partial charge in [0.2, 0.25) is 0 Å². The van der Waals surface area contributed by atoms with Gasteiger partial charge in [0.05, 0.1) is 0 Å². The summed E-state index contributed by atoms with van der Waals surface area (Å²) in [5.74, 6) is 1.68. The maximum absolute atomic E-state index is 4.48. The molecular formula is C15H19N3. The zero-order chi connectivity index (χ0) is 12.4. The largest absolute Gasteiger partial charge is 0.334 e. The molecule has 3 heteroatoms. The third kappa shape index (κ3) is 2.06. The van der Waals surface area contributed by atoms with Crippen LogP contribution in [0.15, 0.2) is 36.7 Å². The number of aromatic nitrogens is 2. The monoisotopic (exact) mass is 241 g/mol. The van der Waals surface area contributed by atoms with Crippen molar-refractivity contribution in [3.63, 3.8) is 0 Å². The van der Waals surface area contributed by atoms with Crippen molar-refractivity contribution in [2.75, 3.05) is 13.1 Å². The van der Waals surface area contributed by atoms with E-state index < -0.39 is 0 Å². The van der Waals surface area contributed by atoms with Crippen LogP contribution < -0.4 is 5.32 Å². The Labute approximate surface area is 108 Å². The smallest absolute Gasteiger partial charge is 0.139 e. The average Bonchev–Trinajstić information content (AvgIpc) is 2.86. The van der Waals surface area contributed by atoms with Gasteiger partial charge in [-0.05, 0) is 30.9 Å². The van der Waals surface area contributed by atoms with E-state index >= 15 is 0 Å². The van der Waals surface area contributed by atoms with Crippen molar-refractivity contribution in [3.05, 3.63) is 42.2 Å². The van der Waals surface area contributed by atoms with E-state index in [0.29, 0.717) is 5.92 Å². The number of piperidine rings is 1. The first-order valence-electron chi connectivity index (χ1n) is 6.63. The number of nitrogens with one attached hydrogen (secondary N) is 1. The van der Waals surface area contributed by atoms with E-state index in [1.165, 1.54) is 24.0 Å². The van der Waals surface area contributed by atoms with Crippen LogP contribution in [0.2, 0.25) is 0 Å². The second kappa shape index (κ2) is 4.94. The first-order valence-corrected chi connectivity index (χ1v) is 6.63. The third-order valence-electron chi connectivity index (χ3n) is 3.76. The lowest BCUT2D eigenvalue weighted by molar-refractivity contribution is 0.462. The Hall–Kier alpha value is -1.61. The summed E-state index contributed by atoms with van der Waals surface area (Å²) in [7, 11) is 2.05. The van der Waals surface area contributed by atoms with E-state index in [2.05, 4.69) is 46.2 Å². The van der Waals surface area contributed by atoms with E-state index in [4.69, 9.17) is 0 Å². The van der Waals surface area contributed by atoms with Crippen LogP contribution in [0.3, 0.4) is 0 Å². The van der Waals surface area contributed by atoms with Crippen molar-refractivity contribution < 1.29 is 0 Å². The van der Waals surface area contributed by atoms with Gasteiger partial charge in [-0.1, -0.05) is 24.3 Å². The quantitative estimate of drug-likeness (QED) is 0.875.